The molecule has 0 radical (unpaired) electrons. The normalized spacial score (nSPS) is 24.8. The molecule has 0 amide bonds. The van der Waals surface area contributed by atoms with E-state index in [4.69, 9.17) is 0 Å². The van der Waals surface area contributed by atoms with Gasteiger partial charge < -0.3 is 4.74 Å². The van der Waals surface area contributed by atoms with Crippen LogP contribution in [0.15, 0.2) is 61.2 Å². The van der Waals surface area contributed by atoms with Gasteiger partial charge in [0.15, 0.2) is 0 Å². The predicted octanol–water partition coefficient (Wildman–Crippen LogP) is 9.03. The van der Waals surface area contributed by atoms with Crippen LogP contribution in [0.2, 0.25) is 0 Å². The van der Waals surface area contributed by atoms with E-state index in [1.165, 1.54) is 94.0 Å². The number of halogens is 3. The molecule has 2 fully saturated rings. The lowest BCUT2D eigenvalue weighted by molar-refractivity contribution is -0.274. The summed E-state index contributed by atoms with van der Waals surface area (Å²) in [5.74, 6) is 9.28. The van der Waals surface area contributed by atoms with Gasteiger partial charge in [0.1, 0.15) is 5.75 Å². The monoisotopic (exact) mass is 480 g/mol. The number of alkyl halides is 3. The highest BCUT2D eigenvalue weighted by atomic mass is 19.4. The highest BCUT2D eigenvalue weighted by Gasteiger charge is 2.32. The highest BCUT2D eigenvalue weighted by molar-refractivity contribution is 5.45. The second-order valence-electron chi connectivity index (χ2n) is 10.2. The first-order valence-electron chi connectivity index (χ1n) is 13.0. The number of allylic oxidation sites excluding steroid dienone is 1. The molecular weight excluding hydrogens is 445 g/mol. The van der Waals surface area contributed by atoms with E-state index in [-0.39, 0.29) is 5.75 Å². The SMILES string of the molecule is C=CCCC1CCC(C2CCC(c3ccc(C#Cc4ccc(OC(F)(F)F)cc4)cc3)CC2)CC1. The standard InChI is InChI=1S/C31H35F3O/c1-2-3-4-23-7-13-26(14-8-23)28-17-19-29(20-18-28)27-15-9-24(10-16-27)5-6-25-11-21-30(22-12-25)35-31(32,33)34/h2,9-12,15-16,21-23,26,28-29H,1,3-4,7-8,13-14,17-20H2. The summed E-state index contributed by atoms with van der Waals surface area (Å²) >= 11 is 0. The summed E-state index contributed by atoms with van der Waals surface area (Å²) in [7, 11) is 0. The first-order valence-corrected chi connectivity index (χ1v) is 13.0. The first-order chi connectivity index (χ1) is 16.9. The quantitative estimate of drug-likeness (QED) is 0.296. The van der Waals surface area contributed by atoms with Gasteiger partial charge in [-0.25, -0.2) is 0 Å². The van der Waals surface area contributed by atoms with Gasteiger partial charge in [-0.1, -0.05) is 42.9 Å². The van der Waals surface area contributed by atoms with E-state index >= 15 is 0 Å². The van der Waals surface area contributed by atoms with E-state index in [9.17, 15) is 13.2 Å². The summed E-state index contributed by atoms with van der Waals surface area (Å²) in [5, 5.41) is 0. The van der Waals surface area contributed by atoms with Crippen LogP contribution >= 0.6 is 0 Å². The molecule has 0 spiro atoms. The zero-order valence-corrected chi connectivity index (χ0v) is 20.3. The van der Waals surface area contributed by atoms with Gasteiger partial charge in [-0.2, -0.15) is 0 Å². The van der Waals surface area contributed by atoms with E-state index in [1.807, 2.05) is 0 Å². The number of ether oxygens (including phenoxy) is 1. The molecule has 2 aliphatic carbocycles. The topological polar surface area (TPSA) is 9.23 Å². The van der Waals surface area contributed by atoms with Crippen LogP contribution in [-0.4, -0.2) is 6.36 Å². The Kier molecular flexibility index (Phi) is 8.60. The summed E-state index contributed by atoms with van der Waals surface area (Å²) in [6.45, 7) is 3.86. The molecule has 0 aliphatic heterocycles. The molecule has 0 bridgehead atoms. The fraction of sp³-hybridized carbons (Fsp3) is 0.484. The van der Waals surface area contributed by atoms with Crippen molar-refractivity contribution in [2.45, 2.75) is 76.5 Å². The Bertz CT molecular complexity index is 994. The molecule has 0 unspecified atom stereocenters. The maximum absolute atomic E-state index is 12.3. The molecule has 186 valence electrons. The second-order valence-corrected chi connectivity index (χ2v) is 10.2. The molecule has 35 heavy (non-hydrogen) atoms. The van der Waals surface area contributed by atoms with Crippen LogP contribution in [0.4, 0.5) is 13.2 Å². The van der Waals surface area contributed by atoms with Crippen molar-refractivity contribution in [2.24, 2.45) is 17.8 Å². The summed E-state index contributed by atoms with van der Waals surface area (Å²) < 4.78 is 40.7. The van der Waals surface area contributed by atoms with Crippen LogP contribution in [0.3, 0.4) is 0 Å². The fourth-order valence-corrected chi connectivity index (χ4v) is 5.95. The van der Waals surface area contributed by atoms with Crippen LogP contribution in [0.5, 0.6) is 5.75 Å². The Morgan fingerprint density at radius 1 is 0.771 bits per heavy atom. The first kappa shape index (κ1) is 25.4. The van der Waals surface area contributed by atoms with Crippen molar-refractivity contribution in [1.29, 1.82) is 0 Å². The molecule has 2 aliphatic rings. The van der Waals surface area contributed by atoms with Gasteiger partial charge in [0.2, 0.25) is 0 Å². The van der Waals surface area contributed by atoms with Crippen molar-refractivity contribution in [3.05, 3.63) is 77.9 Å². The van der Waals surface area contributed by atoms with Gasteiger partial charge in [0.25, 0.3) is 0 Å². The van der Waals surface area contributed by atoms with Gasteiger partial charge in [-0.15, -0.1) is 19.8 Å². The molecule has 0 atom stereocenters. The Balaban J connectivity index is 1.25. The van der Waals surface area contributed by atoms with E-state index in [1.54, 1.807) is 0 Å². The summed E-state index contributed by atoms with van der Waals surface area (Å²) in [5.41, 5.74) is 2.96. The number of benzene rings is 2. The van der Waals surface area contributed by atoms with E-state index < -0.39 is 6.36 Å². The van der Waals surface area contributed by atoms with Gasteiger partial charge >= 0.3 is 6.36 Å². The fourth-order valence-electron chi connectivity index (χ4n) is 5.95. The molecule has 2 aromatic rings. The lowest BCUT2D eigenvalue weighted by atomic mass is 9.68. The maximum atomic E-state index is 12.3. The highest BCUT2D eigenvalue weighted by Crippen LogP contribution is 2.44. The van der Waals surface area contributed by atoms with Gasteiger partial charge in [-0.3, -0.25) is 0 Å². The summed E-state index contributed by atoms with van der Waals surface area (Å²) in [6, 6.07) is 14.1. The average Bonchev–Trinajstić information content (AvgIpc) is 2.87. The van der Waals surface area contributed by atoms with Crippen LogP contribution < -0.4 is 4.74 Å². The van der Waals surface area contributed by atoms with Gasteiger partial charge in [-0.05, 0) is 117 Å². The third kappa shape index (κ3) is 7.66. The van der Waals surface area contributed by atoms with Crippen LogP contribution in [-0.2, 0) is 0 Å². The molecule has 4 heteroatoms. The van der Waals surface area contributed by atoms with E-state index in [2.05, 4.69) is 53.5 Å². The molecule has 4 rings (SSSR count). The predicted molar refractivity (Wildman–Crippen MR) is 135 cm³/mol. The lowest BCUT2D eigenvalue weighted by Gasteiger charge is -2.38. The third-order valence-electron chi connectivity index (χ3n) is 7.93. The zero-order chi connectivity index (χ0) is 24.7. The Labute approximate surface area is 207 Å². The van der Waals surface area contributed by atoms with E-state index in [0.717, 1.165) is 23.3 Å². The second kappa shape index (κ2) is 11.8. The minimum Gasteiger partial charge on any atom is -0.406 e. The number of rotatable bonds is 6. The summed E-state index contributed by atoms with van der Waals surface area (Å²) in [4.78, 5) is 0. The molecule has 0 N–H and O–H groups in total. The number of hydrogen-bond acceptors (Lipinski definition) is 1. The average molecular weight is 481 g/mol. The molecule has 0 saturated heterocycles. The van der Waals surface area contributed by atoms with Crippen molar-refractivity contribution >= 4 is 0 Å². The molecule has 0 aromatic heterocycles. The van der Waals surface area contributed by atoms with Crippen molar-refractivity contribution in [3.63, 3.8) is 0 Å². The van der Waals surface area contributed by atoms with Crippen molar-refractivity contribution in [2.75, 3.05) is 0 Å². The van der Waals surface area contributed by atoms with Gasteiger partial charge in [0.05, 0.1) is 0 Å². The Morgan fingerprint density at radius 3 is 1.80 bits per heavy atom. The molecule has 0 heterocycles. The maximum Gasteiger partial charge on any atom is 0.573 e. The molecular formula is C31H35F3O. The minimum absolute atomic E-state index is 0.238. The van der Waals surface area contributed by atoms with Crippen LogP contribution in [0.1, 0.15) is 86.8 Å². The van der Waals surface area contributed by atoms with E-state index in [0.29, 0.717) is 11.5 Å². The lowest BCUT2D eigenvalue weighted by Crippen LogP contribution is -2.25. The van der Waals surface area contributed by atoms with Gasteiger partial charge in [0, 0.05) is 11.1 Å². The van der Waals surface area contributed by atoms with Crippen LogP contribution in [0, 0.1) is 29.6 Å². The largest absolute Gasteiger partial charge is 0.573 e. The molecule has 2 aromatic carbocycles. The minimum atomic E-state index is -4.68. The molecule has 2 saturated carbocycles. The molecule has 1 nitrogen and oxygen atoms in total. The van der Waals surface area contributed by atoms with Crippen LogP contribution in [0.25, 0.3) is 0 Å². The van der Waals surface area contributed by atoms with Crippen molar-refractivity contribution < 1.29 is 17.9 Å². The van der Waals surface area contributed by atoms with Crippen molar-refractivity contribution in [3.8, 4) is 17.6 Å². The Morgan fingerprint density at radius 2 is 1.29 bits per heavy atom. The number of hydrogen-bond donors (Lipinski definition) is 0. The van der Waals surface area contributed by atoms with Crippen molar-refractivity contribution in [1.82, 2.24) is 0 Å². The zero-order valence-electron chi connectivity index (χ0n) is 20.3. The smallest absolute Gasteiger partial charge is 0.406 e. The Hall–Kier alpha value is -2.67. The summed E-state index contributed by atoms with van der Waals surface area (Å²) in [6.07, 6.45) is 10.8. The third-order valence-corrected chi connectivity index (χ3v) is 7.93.